The highest BCUT2D eigenvalue weighted by molar-refractivity contribution is 6.84. The predicted molar refractivity (Wildman–Crippen MR) is 75.7 cm³/mol. The smallest absolute Gasteiger partial charge is 0.0752 e. The first-order valence-corrected chi connectivity index (χ1v) is 9.60. The molecule has 92 valence electrons. The molecular formula is C15H22OSi. The standard InChI is InChI=1S/C15H22OSi/c1-12-9-15(16)14(11-17(12,2)3)10-13-7-5-4-6-8-13/h4-8,14-16H,1,9-11H2,2-3H3/t14-,15+/m1/s1. The van der Waals surface area contributed by atoms with E-state index in [4.69, 9.17) is 0 Å². The lowest BCUT2D eigenvalue weighted by Crippen LogP contribution is -2.43. The molecule has 0 bridgehead atoms. The van der Waals surface area contributed by atoms with E-state index in [1.807, 2.05) is 6.07 Å². The van der Waals surface area contributed by atoms with E-state index in [1.165, 1.54) is 16.8 Å². The van der Waals surface area contributed by atoms with E-state index in [1.54, 1.807) is 0 Å². The first-order valence-electron chi connectivity index (χ1n) is 6.39. The van der Waals surface area contributed by atoms with Gasteiger partial charge in [-0.25, -0.2) is 0 Å². The number of benzene rings is 1. The maximum atomic E-state index is 10.2. The van der Waals surface area contributed by atoms with Gasteiger partial charge in [-0.05, 0) is 30.4 Å². The van der Waals surface area contributed by atoms with Crippen molar-refractivity contribution in [2.75, 3.05) is 0 Å². The van der Waals surface area contributed by atoms with Gasteiger partial charge in [0.15, 0.2) is 0 Å². The van der Waals surface area contributed by atoms with Gasteiger partial charge in [0.2, 0.25) is 0 Å². The molecule has 1 aromatic carbocycles. The Balaban J connectivity index is 2.09. The van der Waals surface area contributed by atoms with E-state index in [-0.39, 0.29) is 6.10 Å². The second-order valence-electron chi connectivity index (χ2n) is 5.91. The Hall–Kier alpha value is -0.863. The number of rotatable bonds is 2. The summed E-state index contributed by atoms with van der Waals surface area (Å²) in [7, 11) is -1.31. The summed E-state index contributed by atoms with van der Waals surface area (Å²) in [5.74, 6) is 0.421. The Bertz CT molecular complexity index is 397. The molecular weight excluding hydrogens is 224 g/mol. The maximum Gasteiger partial charge on any atom is 0.0752 e. The van der Waals surface area contributed by atoms with Gasteiger partial charge in [-0.15, -0.1) is 6.58 Å². The quantitative estimate of drug-likeness (QED) is 0.793. The van der Waals surface area contributed by atoms with Gasteiger partial charge in [-0.3, -0.25) is 0 Å². The first-order chi connectivity index (χ1) is 7.99. The van der Waals surface area contributed by atoms with E-state index in [2.05, 4.69) is 43.9 Å². The molecule has 1 fully saturated rings. The topological polar surface area (TPSA) is 20.2 Å². The van der Waals surface area contributed by atoms with Crippen LogP contribution in [0.4, 0.5) is 0 Å². The third-order valence-corrected chi connectivity index (χ3v) is 7.73. The largest absolute Gasteiger partial charge is 0.393 e. The lowest BCUT2D eigenvalue weighted by atomic mass is 9.93. The van der Waals surface area contributed by atoms with Crippen molar-refractivity contribution in [2.45, 2.75) is 38.1 Å². The van der Waals surface area contributed by atoms with Crippen molar-refractivity contribution in [1.82, 2.24) is 0 Å². The van der Waals surface area contributed by atoms with E-state index in [9.17, 15) is 5.11 Å². The molecule has 1 saturated heterocycles. The number of hydrogen-bond acceptors (Lipinski definition) is 1. The lowest BCUT2D eigenvalue weighted by molar-refractivity contribution is 0.112. The fraction of sp³-hybridized carbons (Fsp3) is 0.467. The van der Waals surface area contributed by atoms with Crippen LogP contribution in [0.1, 0.15) is 12.0 Å². The molecule has 0 radical (unpaired) electrons. The maximum absolute atomic E-state index is 10.2. The van der Waals surface area contributed by atoms with Crippen LogP contribution in [0.15, 0.2) is 42.1 Å². The third kappa shape index (κ3) is 2.88. The van der Waals surface area contributed by atoms with Crippen molar-refractivity contribution in [3.8, 4) is 0 Å². The Morgan fingerprint density at radius 2 is 1.94 bits per heavy atom. The molecule has 1 aliphatic heterocycles. The van der Waals surface area contributed by atoms with E-state index < -0.39 is 8.07 Å². The van der Waals surface area contributed by atoms with E-state index in [0.717, 1.165) is 12.8 Å². The minimum atomic E-state index is -1.31. The lowest BCUT2D eigenvalue weighted by Gasteiger charge is -2.39. The molecule has 1 nitrogen and oxygen atoms in total. The van der Waals surface area contributed by atoms with Crippen LogP contribution >= 0.6 is 0 Å². The average Bonchev–Trinajstić information content (AvgIpc) is 2.27. The van der Waals surface area contributed by atoms with Crippen LogP contribution in [0.25, 0.3) is 0 Å². The summed E-state index contributed by atoms with van der Waals surface area (Å²) in [6.45, 7) is 8.91. The fourth-order valence-corrected chi connectivity index (χ4v) is 5.53. The number of hydrogen-bond donors (Lipinski definition) is 1. The predicted octanol–water partition coefficient (Wildman–Crippen LogP) is 3.41. The summed E-state index contributed by atoms with van der Waals surface area (Å²) >= 11 is 0. The summed E-state index contributed by atoms with van der Waals surface area (Å²) in [6.07, 6.45) is 1.63. The molecule has 0 spiro atoms. The second-order valence-corrected chi connectivity index (χ2v) is 10.8. The molecule has 2 atom stereocenters. The molecule has 1 aliphatic rings. The molecule has 0 saturated carbocycles. The van der Waals surface area contributed by atoms with Crippen LogP contribution in [-0.2, 0) is 6.42 Å². The van der Waals surface area contributed by atoms with Gasteiger partial charge in [-0.2, -0.15) is 0 Å². The third-order valence-electron chi connectivity index (χ3n) is 4.07. The fourth-order valence-electron chi connectivity index (χ4n) is 2.76. The molecule has 0 aliphatic carbocycles. The van der Waals surface area contributed by atoms with Crippen molar-refractivity contribution in [3.63, 3.8) is 0 Å². The molecule has 2 rings (SSSR count). The summed E-state index contributed by atoms with van der Waals surface area (Å²) in [5, 5.41) is 11.5. The number of aliphatic hydroxyl groups is 1. The van der Waals surface area contributed by atoms with Crippen molar-refractivity contribution in [3.05, 3.63) is 47.7 Å². The highest BCUT2D eigenvalue weighted by atomic mass is 28.3. The SMILES string of the molecule is C=C1C[C@H](O)[C@H](Cc2ccccc2)C[Si]1(C)C. The van der Waals surface area contributed by atoms with E-state index in [0.29, 0.717) is 5.92 Å². The normalized spacial score (nSPS) is 28.1. The summed E-state index contributed by atoms with van der Waals surface area (Å²) < 4.78 is 0. The monoisotopic (exact) mass is 246 g/mol. The van der Waals surface area contributed by atoms with Crippen LogP contribution in [-0.4, -0.2) is 19.3 Å². The minimum absolute atomic E-state index is 0.191. The van der Waals surface area contributed by atoms with Crippen LogP contribution in [0, 0.1) is 5.92 Å². The van der Waals surface area contributed by atoms with Gasteiger partial charge in [-0.1, -0.05) is 48.6 Å². The van der Waals surface area contributed by atoms with Crippen LogP contribution < -0.4 is 0 Å². The molecule has 17 heavy (non-hydrogen) atoms. The average molecular weight is 246 g/mol. The van der Waals surface area contributed by atoms with Gasteiger partial charge >= 0.3 is 0 Å². The van der Waals surface area contributed by atoms with Crippen molar-refractivity contribution in [1.29, 1.82) is 0 Å². The summed E-state index contributed by atoms with van der Waals surface area (Å²) in [6, 6.07) is 11.7. The molecule has 2 heteroatoms. The minimum Gasteiger partial charge on any atom is -0.393 e. The highest BCUT2D eigenvalue weighted by Gasteiger charge is 2.37. The van der Waals surface area contributed by atoms with Gasteiger partial charge in [0.1, 0.15) is 0 Å². The number of aliphatic hydroxyl groups excluding tert-OH is 1. The van der Waals surface area contributed by atoms with Crippen LogP contribution in [0.2, 0.25) is 19.1 Å². The van der Waals surface area contributed by atoms with Crippen molar-refractivity contribution >= 4 is 8.07 Å². The molecule has 0 amide bonds. The van der Waals surface area contributed by atoms with Crippen LogP contribution in [0.3, 0.4) is 0 Å². The molecule has 0 unspecified atom stereocenters. The van der Waals surface area contributed by atoms with Crippen molar-refractivity contribution < 1.29 is 5.11 Å². The molecule has 1 N–H and O–H groups in total. The summed E-state index contributed by atoms with van der Waals surface area (Å²) in [4.78, 5) is 0. The Labute approximate surface area is 105 Å². The zero-order valence-electron chi connectivity index (χ0n) is 10.8. The Kier molecular flexibility index (Phi) is 3.55. The zero-order chi connectivity index (χ0) is 12.5. The van der Waals surface area contributed by atoms with Gasteiger partial charge < -0.3 is 5.11 Å². The molecule has 0 aromatic heterocycles. The summed E-state index contributed by atoms with van der Waals surface area (Å²) in [5.41, 5.74) is 1.34. The van der Waals surface area contributed by atoms with E-state index >= 15 is 0 Å². The second kappa shape index (κ2) is 4.79. The first kappa shape index (κ1) is 12.6. The van der Waals surface area contributed by atoms with Crippen LogP contribution in [0.5, 0.6) is 0 Å². The van der Waals surface area contributed by atoms with Gasteiger partial charge in [0.25, 0.3) is 0 Å². The Morgan fingerprint density at radius 1 is 1.29 bits per heavy atom. The molecule has 1 heterocycles. The molecule has 1 aromatic rings. The van der Waals surface area contributed by atoms with Gasteiger partial charge in [0, 0.05) is 0 Å². The van der Waals surface area contributed by atoms with Crippen molar-refractivity contribution in [2.24, 2.45) is 5.92 Å². The zero-order valence-corrected chi connectivity index (χ0v) is 11.8. The highest BCUT2D eigenvalue weighted by Crippen LogP contribution is 2.36. The van der Waals surface area contributed by atoms with Gasteiger partial charge in [0.05, 0.1) is 14.2 Å². The Morgan fingerprint density at radius 3 is 2.59 bits per heavy atom.